The lowest BCUT2D eigenvalue weighted by atomic mass is 10.1. The molecule has 2 aromatic rings. The molecule has 0 saturated heterocycles. The molecule has 3 rings (SSSR count). The largest absolute Gasteiger partial charge is 0.545 e. The number of carbonyl (C=O) groups excluding carboxylic acids is 2. The van der Waals surface area contributed by atoms with Gasteiger partial charge in [-0.05, 0) is 29.3 Å². The fourth-order valence-corrected chi connectivity index (χ4v) is 3.73. The fourth-order valence-electron chi connectivity index (χ4n) is 2.39. The normalized spacial score (nSPS) is 16.0. The molecule has 1 amide bonds. The number of halogens is 1. The van der Waals surface area contributed by atoms with E-state index >= 15 is 0 Å². The first-order chi connectivity index (χ1) is 11.5. The summed E-state index contributed by atoms with van der Waals surface area (Å²) in [6.07, 6.45) is 0. The van der Waals surface area contributed by atoms with Crippen molar-refractivity contribution in [3.8, 4) is 0 Å². The summed E-state index contributed by atoms with van der Waals surface area (Å²) >= 11 is 7.72. The van der Waals surface area contributed by atoms with Crippen LogP contribution in [0.15, 0.2) is 42.5 Å². The molecule has 2 N–H and O–H groups in total. The summed E-state index contributed by atoms with van der Waals surface area (Å²) in [6, 6.07) is 11.7. The molecule has 1 atom stereocenters. The molecule has 0 fully saturated rings. The first-order valence-corrected chi connectivity index (χ1v) is 8.82. The number of anilines is 2. The van der Waals surface area contributed by atoms with E-state index in [-0.39, 0.29) is 11.5 Å². The van der Waals surface area contributed by atoms with Gasteiger partial charge in [-0.15, -0.1) is 0 Å². The Morgan fingerprint density at radius 2 is 2.00 bits per heavy atom. The zero-order valence-electron chi connectivity index (χ0n) is 12.5. The van der Waals surface area contributed by atoms with Gasteiger partial charge in [-0.1, -0.05) is 35.9 Å². The number of amides is 1. The quantitative estimate of drug-likeness (QED) is 0.854. The van der Waals surface area contributed by atoms with Crippen LogP contribution < -0.4 is 15.7 Å². The minimum Gasteiger partial charge on any atom is -0.545 e. The number of hydrogen-bond donors (Lipinski definition) is 2. The lowest BCUT2D eigenvalue weighted by Crippen LogP contribution is -2.40. The van der Waals surface area contributed by atoms with Crippen LogP contribution in [0.1, 0.15) is 15.9 Å². The highest BCUT2D eigenvalue weighted by atomic mass is 35.5. The third-order valence-corrected chi connectivity index (χ3v) is 5.11. The molecule has 0 bridgehead atoms. The summed E-state index contributed by atoms with van der Waals surface area (Å²) in [5.74, 6) is -0.186. The van der Waals surface area contributed by atoms with Gasteiger partial charge in [0, 0.05) is 16.5 Å². The number of rotatable bonds is 5. The summed E-state index contributed by atoms with van der Waals surface area (Å²) in [6.45, 7) is 0. The van der Waals surface area contributed by atoms with Crippen molar-refractivity contribution in [1.82, 2.24) is 0 Å². The Morgan fingerprint density at radius 1 is 1.21 bits per heavy atom. The van der Waals surface area contributed by atoms with Crippen molar-refractivity contribution in [2.75, 3.05) is 16.4 Å². The first-order valence-electron chi connectivity index (χ1n) is 7.28. The van der Waals surface area contributed by atoms with Crippen LogP contribution in [0.2, 0.25) is 5.02 Å². The Bertz CT molecular complexity index is 797. The number of carbonyl (C=O) groups is 2. The zero-order valence-corrected chi connectivity index (χ0v) is 14.1. The molecule has 0 aliphatic carbocycles. The van der Waals surface area contributed by atoms with Gasteiger partial charge in [-0.3, -0.25) is 4.79 Å². The average molecular weight is 362 g/mol. The molecule has 1 aliphatic rings. The molecule has 1 aliphatic heterocycles. The fraction of sp³-hybridized carbons (Fsp3) is 0.176. The molecule has 7 heteroatoms. The van der Waals surface area contributed by atoms with Gasteiger partial charge >= 0.3 is 0 Å². The maximum absolute atomic E-state index is 12.2. The second kappa shape index (κ2) is 7.15. The number of hydrogen-bond acceptors (Lipinski definition) is 5. The van der Waals surface area contributed by atoms with Gasteiger partial charge in [-0.2, -0.15) is 11.8 Å². The predicted octanol–water partition coefficient (Wildman–Crippen LogP) is 2.37. The Hall–Kier alpha value is -2.18. The highest BCUT2D eigenvalue weighted by molar-refractivity contribution is 7.98. The Labute approximate surface area is 148 Å². The summed E-state index contributed by atoms with van der Waals surface area (Å²) in [5.41, 5.74) is 2.21. The van der Waals surface area contributed by atoms with Gasteiger partial charge in [0.25, 0.3) is 0 Å². The Kier molecular flexibility index (Phi) is 4.97. The predicted molar refractivity (Wildman–Crippen MR) is 94.4 cm³/mol. The van der Waals surface area contributed by atoms with E-state index < -0.39 is 12.0 Å². The highest BCUT2D eigenvalue weighted by Crippen LogP contribution is 2.29. The summed E-state index contributed by atoms with van der Waals surface area (Å²) in [7, 11) is 0. The number of aromatic carboxylic acids is 1. The van der Waals surface area contributed by atoms with Crippen LogP contribution >= 0.6 is 23.4 Å². The minimum absolute atomic E-state index is 0.0300. The molecule has 0 saturated carbocycles. The van der Waals surface area contributed by atoms with Gasteiger partial charge < -0.3 is 20.5 Å². The Balaban J connectivity index is 1.63. The van der Waals surface area contributed by atoms with Crippen LogP contribution in [0, 0.1) is 0 Å². The third-order valence-electron chi connectivity index (χ3n) is 3.66. The zero-order chi connectivity index (χ0) is 17.1. The summed E-state index contributed by atoms with van der Waals surface area (Å²) < 4.78 is 0. The van der Waals surface area contributed by atoms with E-state index in [1.54, 1.807) is 17.8 Å². The van der Waals surface area contributed by atoms with Gasteiger partial charge in [-0.25, -0.2) is 0 Å². The number of carboxylic acid groups (broad SMARTS) is 1. The molecule has 0 radical (unpaired) electrons. The highest BCUT2D eigenvalue weighted by Gasteiger charge is 2.25. The molecule has 0 spiro atoms. The maximum atomic E-state index is 12.2. The molecule has 0 aromatic heterocycles. The van der Waals surface area contributed by atoms with Crippen molar-refractivity contribution in [3.63, 3.8) is 0 Å². The maximum Gasteiger partial charge on any atom is 0.247 e. The lowest BCUT2D eigenvalue weighted by molar-refractivity contribution is -0.255. The molecular formula is C17H14ClN2O3S-. The molecule has 0 unspecified atom stereocenters. The summed E-state index contributed by atoms with van der Waals surface area (Å²) in [5, 5.41) is 17.5. The van der Waals surface area contributed by atoms with Crippen LogP contribution in [-0.2, 0) is 10.5 Å². The average Bonchev–Trinajstić information content (AvgIpc) is 2.56. The van der Waals surface area contributed by atoms with Gasteiger partial charge in [0.15, 0.2) is 0 Å². The second-order valence-corrected chi connectivity index (χ2v) is 6.78. The van der Waals surface area contributed by atoms with E-state index in [4.69, 9.17) is 11.6 Å². The van der Waals surface area contributed by atoms with E-state index in [1.807, 2.05) is 24.3 Å². The van der Waals surface area contributed by atoms with Gasteiger partial charge in [0.2, 0.25) is 5.91 Å². The van der Waals surface area contributed by atoms with E-state index in [2.05, 4.69) is 10.6 Å². The lowest BCUT2D eigenvalue weighted by Gasteiger charge is -2.27. The van der Waals surface area contributed by atoms with Crippen LogP contribution in [0.3, 0.4) is 0 Å². The van der Waals surface area contributed by atoms with Crippen LogP contribution in [-0.4, -0.2) is 23.7 Å². The van der Waals surface area contributed by atoms with Crippen molar-refractivity contribution in [1.29, 1.82) is 0 Å². The number of thioether (sulfide) groups is 1. The van der Waals surface area contributed by atoms with E-state index in [1.165, 1.54) is 12.1 Å². The monoisotopic (exact) mass is 361 g/mol. The van der Waals surface area contributed by atoms with E-state index in [9.17, 15) is 14.7 Å². The van der Waals surface area contributed by atoms with Gasteiger partial charge in [0.1, 0.15) is 6.04 Å². The van der Waals surface area contributed by atoms with Crippen LogP contribution in [0.5, 0.6) is 0 Å². The minimum atomic E-state index is -1.27. The molecule has 5 nitrogen and oxygen atoms in total. The van der Waals surface area contributed by atoms with Crippen molar-refractivity contribution in [2.45, 2.75) is 11.8 Å². The van der Waals surface area contributed by atoms with Crippen molar-refractivity contribution in [2.24, 2.45) is 0 Å². The topological polar surface area (TPSA) is 81.3 Å². The second-order valence-electron chi connectivity index (χ2n) is 5.34. The van der Waals surface area contributed by atoms with E-state index in [0.29, 0.717) is 27.9 Å². The number of nitrogens with one attached hydrogen (secondary N) is 2. The summed E-state index contributed by atoms with van der Waals surface area (Å²) in [4.78, 5) is 23.0. The SMILES string of the molecule is O=C([O-])c1ccc2c(c1)NC(=O)[C@@H](CSCc1ccccc1Cl)N2. The molecule has 2 aromatic carbocycles. The van der Waals surface area contributed by atoms with Crippen molar-refractivity contribution < 1.29 is 14.7 Å². The number of benzene rings is 2. The smallest absolute Gasteiger partial charge is 0.247 e. The molecule has 1 heterocycles. The molecular weight excluding hydrogens is 348 g/mol. The molecule has 124 valence electrons. The standard InChI is InChI=1S/C17H15ClN2O3S/c18-12-4-2-1-3-11(12)8-24-9-15-16(21)20-14-7-10(17(22)23)5-6-13(14)19-15/h1-7,15,19H,8-9H2,(H,20,21)(H,22,23)/p-1/t15-/m1/s1. The van der Waals surface area contributed by atoms with Crippen molar-refractivity contribution >= 4 is 46.6 Å². The number of fused-ring (bicyclic) bond motifs is 1. The van der Waals surface area contributed by atoms with Crippen LogP contribution in [0.25, 0.3) is 0 Å². The van der Waals surface area contributed by atoms with E-state index in [0.717, 1.165) is 5.56 Å². The van der Waals surface area contributed by atoms with Crippen molar-refractivity contribution in [3.05, 3.63) is 58.6 Å². The van der Waals surface area contributed by atoms with Gasteiger partial charge in [0.05, 0.1) is 17.3 Å². The third kappa shape index (κ3) is 3.66. The number of carboxylic acids is 1. The van der Waals surface area contributed by atoms with Crippen LogP contribution in [0.4, 0.5) is 11.4 Å². The molecule has 24 heavy (non-hydrogen) atoms. The Morgan fingerprint density at radius 3 is 2.75 bits per heavy atom. The first kappa shape index (κ1) is 16.7.